The van der Waals surface area contributed by atoms with Gasteiger partial charge in [-0.1, -0.05) is 11.8 Å². The first-order valence-corrected chi connectivity index (χ1v) is 5.49. The van der Waals surface area contributed by atoms with E-state index in [2.05, 4.69) is 15.5 Å². The number of benzene rings is 1. The number of aromatic hydroxyl groups is 1. The van der Waals surface area contributed by atoms with E-state index >= 15 is 0 Å². The lowest BCUT2D eigenvalue weighted by atomic mass is 10.3. The third-order valence-corrected chi connectivity index (χ3v) is 2.71. The van der Waals surface area contributed by atoms with Gasteiger partial charge in [0.2, 0.25) is 5.16 Å². The molecule has 16 heavy (non-hydrogen) atoms. The van der Waals surface area contributed by atoms with E-state index in [1.54, 1.807) is 36.1 Å². The molecule has 1 heterocycles. The first kappa shape index (κ1) is 10.9. The Balaban J connectivity index is 2.26. The molecule has 0 amide bonds. The fourth-order valence-corrected chi connectivity index (χ4v) is 1.72. The van der Waals surface area contributed by atoms with Crippen LogP contribution in [0, 0.1) is 0 Å². The monoisotopic (exact) mass is 238 g/mol. The zero-order valence-electron chi connectivity index (χ0n) is 8.57. The average molecular weight is 238 g/mol. The third-order valence-electron chi connectivity index (χ3n) is 1.84. The summed E-state index contributed by atoms with van der Waals surface area (Å²) >= 11 is 1.39. The Morgan fingerprint density at radius 2 is 2.12 bits per heavy atom. The minimum absolute atomic E-state index is 0.211. The second kappa shape index (κ2) is 4.95. The van der Waals surface area contributed by atoms with Crippen LogP contribution in [0.2, 0.25) is 0 Å². The van der Waals surface area contributed by atoms with Gasteiger partial charge in [0.1, 0.15) is 5.75 Å². The minimum atomic E-state index is 0.211. The number of tetrazole rings is 1. The van der Waals surface area contributed by atoms with Crippen molar-refractivity contribution >= 4 is 11.8 Å². The fraction of sp³-hybridized carbons (Fsp3) is 0.222. The largest absolute Gasteiger partial charge is 0.508 e. The summed E-state index contributed by atoms with van der Waals surface area (Å²) < 4.78 is 6.53. The highest BCUT2D eigenvalue weighted by atomic mass is 32.2. The van der Waals surface area contributed by atoms with Crippen molar-refractivity contribution in [3.63, 3.8) is 0 Å². The molecule has 6 nitrogen and oxygen atoms in total. The van der Waals surface area contributed by atoms with E-state index in [0.29, 0.717) is 11.1 Å². The van der Waals surface area contributed by atoms with Crippen LogP contribution in [-0.4, -0.2) is 38.4 Å². The Morgan fingerprint density at radius 3 is 2.81 bits per heavy atom. The molecule has 0 unspecified atom stereocenters. The highest BCUT2D eigenvalue weighted by Gasteiger charge is 2.08. The number of rotatable bonds is 4. The van der Waals surface area contributed by atoms with E-state index in [0.717, 1.165) is 5.69 Å². The maximum atomic E-state index is 9.18. The van der Waals surface area contributed by atoms with Gasteiger partial charge in [0.25, 0.3) is 0 Å². The first-order chi connectivity index (χ1) is 7.81. The SMILES string of the molecule is COCSc1nnnn1-c1ccc(O)cc1. The van der Waals surface area contributed by atoms with Crippen molar-refractivity contribution in [1.82, 2.24) is 20.2 Å². The first-order valence-electron chi connectivity index (χ1n) is 4.51. The summed E-state index contributed by atoms with van der Waals surface area (Å²) in [5.41, 5.74) is 0.793. The molecule has 0 aliphatic carbocycles. The maximum Gasteiger partial charge on any atom is 0.216 e. The number of nitrogens with zero attached hydrogens (tertiary/aromatic N) is 4. The molecule has 0 spiro atoms. The molecule has 7 heteroatoms. The topological polar surface area (TPSA) is 73.1 Å². The lowest BCUT2D eigenvalue weighted by molar-refractivity contribution is 0.258. The number of hydrogen-bond donors (Lipinski definition) is 1. The minimum Gasteiger partial charge on any atom is -0.508 e. The molecule has 0 aliphatic rings. The molecule has 0 saturated heterocycles. The van der Waals surface area contributed by atoms with E-state index in [-0.39, 0.29) is 5.75 Å². The molecule has 0 saturated carbocycles. The zero-order valence-corrected chi connectivity index (χ0v) is 9.39. The Labute approximate surface area is 96.2 Å². The molecule has 1 N–H and O–H groups in total. The van der Waals surface area contributed by atoms with Gasteiger partial charge in [0.15, 0.2) is 0 Å². The van der Waals surface area contributed by atoms with Crippen molar-refractivity contribution in [2.75, 3.05) is 13.0 Å². The van der Waals surface area contributed by atoms with E-state index in [9.17, 15) is 5.11 Å². The number of thioether (sulfide) groups is 1. The number of phenolic OH excluding ortho intramolecular Hbond substituents is 1. The molecule has 2 rings (SSSR count). The standard InChI is InChI=1S/C9H10N4O2S/c1-15-6-16-9-10-11-12-13(9)7-2-4-8(14)5-3-7/h2-5,14H,6H2,1H3. The van der Waals surface area contributed by atoms with Crippen molar-refractivity contribution in [2.45, 2.75) is 5.16 Å². The van der Waals surface area contributed by atoms with Gasteiger partial charge in [-0.3, -0.25) is 0 Å². The van der Waals surface area contributed by atoms with Crippen LogP contribution in [0.15, 0.2) is 29.4 Å². The third kappa shape index (κ3) is 2.31. The predicted octanol–water partition coefficient (Wildman–Crippen LogP) is 1.06. The van der Waals surface area contributed by atoms with Gasteiger partial charge in [-0.2, -0.15) is 4.68 Å². The summed E-state index contributed by atoms with van der Waals surface area (Å²) in [6, 6.07) is 6.65. The maximum absolute atomic E-state index is 9.18. The summed E-state index contributed by atoms with van der Waals surface area (Å²) in [5.74, 6) is 0.696. The molecule has 0 atom stereocenters. The van der Waals surface area contributed by atoms with Crippen molar-refractivity contribution < 1.29 is 9.84 Å². The summed E-state index contributed by atoms with van der Waals surface area (Å²) in [6.07, 6.45) is 0. The predicted molar refractivity (Wildman–Crippen MR) is 58.6 cm³/mol. The molecular formula is C9H10N4O2S. The van der Waals surface area contributed by atoms with Gasteiger partial charge in [-0.05, 0) is 34.7 Å². The molecular weight excluding hydrogens is 228 g/mol. The summed E-state index contributed by atoms with van der Waals surface area (Å²) in [4.78, 5) is 0. The van der Waals surface area contributed by atoms with Crippen LogP contribution < -0.4 is 0 Å². The quantitative estimate of drug-likeness (QED) is 0.634. The molecule has 2 aromatic rings. The van der Waals surface area contributed by atoms with Crippen molar-refractivity contribution in [1.29, 1.82) is 0 Å². The van der Waals surface area contributed by atoms with E-state index in [4.69, 9.17) is 4.74 Å². The molecule has 1 aromatic heterocycles. The Bertz CT molecular complexity index is 457. The lowest BCUT2D eigenvalue weighted by Gasteiger charge is -2.03. The second-order valence-electron chi connectivity index (χ2n) is 2.94. The smallest absolute Gasteiger partial charge is 0.216 e. The highest BCUT2D eigenvalue weighted by molar-refractivity contribution is 7.99. The van der Waals surface area contributed by atoms with Crippen LogP contribution in [0.4, 0.5) is 0 Å². The van der Waals surface area contributed by atoms with Crippen LogP contribution in [0.3, 0.4) is 0 Å². The van der Waals surface area contributed by atoms with E-state index in [1.807, 2.05) is 0 Å². The lowest BCUT2D eigenvalue weighted by Crippen LogP contribution is -1.99. The average Bonchev–Trinajstić information content (AvgIpc) is 2.75. The van der Waals surface area contributed by atoms with Crippen LogP contribution in [0.5, 0.6) is 5.75 Å². The van der Waals surface area contributed by atoms with Gasteiger partial charge in [-0.25, -0.2) is 0 Å². The number of phenols is 1. The Kier molecular flexibility index (Phi) is 3.37. The fourth-order valence-electron chi connectivity index (χ4n) is 1.14. The number of ether oxygens (including phenoxy) is 1. The Hall–Kier alpha value is -1.60. The zero-order chi connectivity index (χ0) is 11.4. The van der Waals surface area contributed by atoms with E-state index < -0.39 is 0 Å². The Morgan fingerprint density at radius 1 is 1.38 bits per heavy atom. The number of methoxy groups -OCH3 is 1. The van der Waals surface area contributed by atoms with Gasteiger partial charge in [0.05, 0.1) is 11.6 Å². The van der Waals surface area contributed by atoms with Gasteiger partial charge < -0.3 is 9.84 Å². The van der Waals surface area contributed by atoms with Gasteiger partial charge in [0, 0.05) is 7.11 Å². The molecule has 84 valence electrons. The van der Waals surface area contributed by atoms with Gasteiger partial charge in [-0.15, -0.1) is 5.10 Å². The summed E-state index contributed by atoms with van der Waals surface area (Å²) in [6.45, 7) is 0. The van der Waals surface area contributed by atoms with Gasteiger partial charge >= 0.3 is 0 Å². The highest BCUT2D eigenvalue weighted by Crippen LogP contribution is 2.19. The summed E-state index contributed by atoms with van der Waals surface area (Å²) in [5, 5.41) is 21.2. The normalized spacial score (nSPS) is 10.6. The molecule has 0 bridgehead atoms. The van der Waals surface area contributed by atoms with E-state index in [1.165, 1.54) is 11.8 Å². The second-order valence-corrected chi connectivity index (χ2v) is 3.83. The van der Waals surface area contributed by atoms with Crippen LogP contribution >= 0.6 is 11.8 Å². The molecule has 1 aromatic carbocycles. The van der Waals surface area contributed by atoms with Crippen molar-refractivity contribution in [3.05, 3.63) is 24.3 Å². The number of hydrogen-bond acceptors (Lipinski definition) is 6. The van der Waals surface area contributed by atoms with Crippen molar-refractivity contribution in [3.8, 4) is 11.4 Å². The van der Waals surface area contributed by atoms with Crippen LogP contribution in [0.25, 0.3) is 5.69 Å². The molecule has 0 fully saturated rings. The van der Waals surface area contributed by atoms with Crippen LogP contribution in [-0.2, 0) is 4.74 Å². The van der Waals surface area contributed by atoms with Crippen LogP contribution in [0.1, 0.15) is 0 Å². The number of aromatic nitrogens is 4. The summed E-state index contributed by atoms with van der Waals surface area (Å²) in [7, 11) is 1.61. The molecule has 0 aliphatic heterocycles. The van der Waals surface area contributed by atoms with Crippen molar-refractivity contribution in [2.24, 2.45) is 0 Å². The molecule has 0 radical (unpaired) electrons.